The molecule has 192 valence electrons. The first-order valence-corrected chi connectivity index (χ1v) is 14.5. The van der Waals surface area contributed by atoms with Gasteiger partial charge in [-0.3, -0.25) is 4.79 Å². The van der Waals surface area contributed by atoms with Crippen LogP contribution >= 0.6 is 11.8 Å². The predicted molar refractivity (Wildman–Crippen MR) is 139 cm³/mol. The van der Waals surface area contributed by atoms with Gasteiger partial charge in [-0.25, -0.2) is 13.4 Å². The lowest BCUT2D eigenvalue weighted by Gasteiger charge is -2.26. The maximum absolute atomic E-state index is 13.2. The van der Waals surface area contributed by atoms with E-state index in [1.807, 2.05) is 30.3 Å². The van der Waals surface area contributed by atoms with Crippen LogP contribution in [0.25, 0.3) is 11.0 Å². The SMILES string of the molecule is CC(=O)Nc1ccc(CSc2nc3cc(S(=O)(=O)N4CCOCC4)ccc3n2CC2CCCO2)cc1. The van der Waals surface area contributed by atoms with Crippen LogP contribution in [0.2, 0.25) is 0 Å². The Bertz CT molecular complexity index is 1330. The summed E-state index contributed by atoms with van der Waals surface area (Å²) in [5.41, 5.74) is 3.41. The van der Waals surface area contributed by atoms with Crippen molar-refractivity contribution < 1.29 is 22.7 Å². The molecule has 1 aromatic heterocycles. The third-order valence-corrected chi connectivity index (χ3v) is 9.29. The van der Waals surface area contributed by atoms with Gasteiger partial charge in [-0.2, -0.15) is 4.31 Å². The number of anilines is 1. The molecular weight excluding hydrogens is 500 g/mol. The predicted octanol–water partition coefficient (Wildman–Crippen LogP) is 3.49. The summed E-state index contributed by atoms with van der Waals surface area (Å²) in [4.78, 5) is 16.4. The summed E-state index contributed by atoms with van der Waals surface area (Å²) >= 11 is 1.60. The van der Waals surface area contributed by atoms with E-state index in [1.165, 1.54) is 11.2 Å². The number of fused-ring (bicyclic) bond motifs is 1. The summed E-state index contributed by atoms with van der Waals surface area (Å²) in [6.07, 6.45) is 2.16. The highest BCUT2D eigenvalue weighted by Gasteiger charge is 2.27. The average molecular weight is 531 g/mol. The number of nitrogens with one attached hydrogen (secondary N) is 1. The Morgan fingerprint density at radius 1 is 1.14 bits per heavy atom. The van der Waals surface area contributed by atoms with E-state index in [-0.39, 0.29) is 16.9 Å². The number of carbonyl (C=O) groups excluding carboxylic acids is 1. The Labute approximate surface area is 215 Å². The van der Waals surface area contributed by atoms with Crippen LogP contribution < -0.4 is 5.32 Å². The number of carbonyl (C=O) groups is 1. The van der Waals surface area contributed by atoms with Crippen LogP contribution in [-0.4, -0.2) is 67.2 Å². The van der Waals surface area contributed by atoms with Gasteiger partial charge in [-0.15, -0.1) is 0 Å². The minimum Gasteiger partial charge on any atom is -0.379 e. The van der Waals surface area contributed by atoms with Gasteiger partial charge >= 0.3 is 0 Å². The Balaban J connectivity index is 1.41. The normalized spacial score (nSPS) is 19.1. The molecular formula is C25H30N4O5S2. The molecule has 3 heterocycles. The number of thioether (sulfide) groups is 1. The van der Waals surface area contributed by atoms with Crippen LogP contribution in [-0.2, 0) is 36.6 Å². The van der Waals surface area contributed by atoms with Crippen molar-refractivity contribution in [3.63, 3.8) is 0 Å². The number of benzene rings is 2. The number of nitrogens with zero attached hydrogens (tertiary/aromatic N) is 3. The Hall–Kier alpha value is -2.44. The molecule has 0 aliphatic carbocycles. The van der Waals surface area contributed by atoms with Crippen LogP contribution in [0.15, 0.2) is 52.5 Å². The molecule has 1 atom stereocenters. The molecule has 2 aliphatic heterocycles. The zero-order valence-corrected chi connectivity index (χ0v) is 21.8. The van der Waals surface area contributed by atoms with E-state index in [0.29, 0.717) is 44.1 Å². The molecule has 0 radical (unpaired) electrons. The molecule has 11 heteroatoms. The molecule has 1 unspecified atom stereocenters. The third-order valence-electron chi connectivity index (χ3n) is 6.34. The second-order valence-corrected chi connectivity index (χ2v) is 11.9. The van der Waals surface area contributed by atoms with Crippen molar-refractivity contribution in [1.82, 2.24) is 13.9 Å². The van der Waals surface area contributed by atoms with Gasteiger partial charge in [0.25, 0.3) is 0 Å². The van der Waals surface area contributed by atoms with Crippen molar-refractivity contribution in [1.29, 1.82) is 0 Å². The van der Waals surface area contributed by atoms with E-state index in [2.05, 4.69) is 9.88 Å². The topological polar surface area (TPSA) is 103 Å². The first kappa shape index (κ1) is 25.2. The molecule has 3 aromatic rings. The molecule has 1 N–H and O–H groups in total. The number of morpholine rings is 1. The summed E-state index contributed by atoms with van der Waals surface area (Å²) in [7, 11) is -3.60. The third kappa shape index (κ3) is 5.60. The first-order chi connectivity index (χ1) is 17.4. The van der Waals surface area contributed by atoms with E-state index < -0.39 is 10.0 Å². The van der Waals surface area contributed by atoms with Crippen molar-refractivity contribution >= 4 is 44.4 Å². The maximum atomic E-state index is 13.2. The number of aromatic nitrogens is 2. The largest absolute Gasteiger partial charge is 0.379 e. The molecule has 2 saturated heterocycles. The highest BCUT2D eigenvalue weighted by Crippen LogP contribution is 2.31. The first-order valence-electron chi connectivity index (χ1n) is 12.1. The van der Waals surface area contributed by atoms with Crippen LogP contribution in [0.5, 0.6) is 0 Å². The zero-order chi connectivity index (χ0) is 25.1. The monoisotopic (exact) mass is 530 g/mol. The second-order valence-electron chi connectivity index (χ2n) is 8.97. The lowest BCUT2D eigenvalue weighted by atomic mass is 10.2. The Kier molecular flexibility index (Phi) is 7.63. The van der Waals surface area contributed by atoms with Gasteiger partial charge in [0.1, 0.15) is 0 Å². The smallest absolute Gasteiger partial charge is 0.243 e. The molecule has 0 saturated carbocycles. The van der Waals surface area contributed by atoms with Gasteiger partial charge in [0.05, 0.1) is 41.8 Å². The highest BCUT2D eigenvalue weighted by molar-refractivity contribution is 7.98. The standard InChI is InChI=1S/C25H30N4O5S2/c1-18(30)26-20-6-4-19(5-7-20)17-35-25-27-23-15-22(36(31,32)28-10-13-33-14-11-28)8-9-24(23)29(25)16-21-3-2-12-34-21/h4-9,15,21H,2-3,10-14,16-17H2,1H3,(H,26,30). The summed E-state index contributed by atoms with van der Waals surface area (Å²) < 4.78 is 41.2. The van der Waals surface area contributed by atoms with Gasteiger partial charge in [0.2, 0.25) is 15.9 Å². The van der Waals surface area contributed by atoms with Crippen molar-refractivity contribution in [2.24, 2.45) is 0 Å². The average Bonchev–Trinajstić information content (AvgIpc) is 3.52. The van der Waals surface area contributed by atoms with Crippen LogP contribution in [0.3, 0.4) is 0 Å². The molecule has 9 nitrogen and oxygen atoms in total. The highest BCUT2D eigenvalue weighted by atomic mass is 32.2. The van der Waals surface area contributed by atoms with Crippen molar-refractivity contribution in [3.8, 4) is 0 Å². The quantitative estimate of drug-likeness (QED) is 0.445. The molecule has 1 amide bonds. The summed E-state index contributed by atoms with van der Waals surface area (Å²) in [5, 5.41) is 3.60. The van der Waals surface area contributed by atoms with Crippen LogP contribution in [0.1, 0.15) is 25.3 Å². The number of amides is 1. The fourth-order valence-corrected chi connectivity index (χ4v) is 6.91. The molecule has 2 aromatic carbocycles. The molecule has 2 fully saturated rings. The molecule has 5 rings (SSSR count). The summed E-state index contributed by atoms with van der Waals surface area (Å²) in [5.74, 6) is 0.587. The number of hydrogen-bond donors (Lipinski definition) is 1. The second kappa shape index (κ2) is 10.9. The molecule has 0 bridgehead atoms. The van der Waals surface area contributed by atoms with Crippen LogP contribution in [0, 0.1) is 0 Å². The number of imidazole rings is 1. The van der Waals surface area contributed by atoms with Crippen LogP contribution in [0.4, 0.5) is 5.69 Å². The van der Waals surface area contributed by atoms with E-state index in [0.717, 1.165) is 41.4 Å². The van der Waals surface area contributed by atoms with E-state index in [1.54, 1.807) is 23.9 Å². The van der Waals surface area contributed by atoms with Gasteiger partial charge in [-0.05, 0) is 48.7 Å². The van der Waals surface area contributed by atoms with Gasteiger partial charge in [0.15, 0.2) is 5.16 Å². The molecule has 36 heavy (non-hydrogen) atoms. The number of hydrogen-bond acceptors (Lipinski definition) is 7. The maximum Gasteiger partial charge on any atom is 0.243 e. The van der Waals surface area contributed by atoms with Gasteiger partial charge in [0, 0.05) is 38.1 Å². The zero-order valence-electron chi connectivity index (χ0n) is 20.2. The Morgan fingerprint density at radius 3 is 2.61 bits per heavy atom. The fourth-order valence-electron chi connectivity index (χ4n) is 4.50. The summed E-state index contributed by atoms with van der Waals surface area (Å²) in [6.45, 7) is 4.46. The Morgan fingerprint density at radius 2 is 1.92 bits per heavy atom. The van der Waals surface area contributed by atoms with E-state index in [9.17, 15) is 13.2 Å². The van der Waals surface area contributed by atoms with Gasteiger partial charge in [-0.1, -0.05) is 23.9 Å². The lowest BCUT2D eigenvalue weighted by molar-refractivity contribution is -0.114. The van der Waals surface area contributed by atoms with Crippen molar-refractivity contribution in [2.75, 3.05) is 38.2 Å². The molecule has 0 spiro atoms. The van der Waals surface area contributed by atoms with E-state index >= 15 is 0 Å². The van der Waals surface area contributed by atoms with E-state index in [4.69, 9.17) is 14.5 Å². The van der Waals surface area contributed by atoms with Crippen molar-refractivity contribution in [2.45, 2.75) is 48.2 Å². The minimum absolute atomic E-state index is 0.102. The number of ether oxygens (including phenoxy) is 2. The fraction of sp³-hybridized carbons (Fsp3) is 0.440. The molecule has 2 aliphatic rings. The minimum atomic E-state index is -3.60. The number of sulfonamides is 1. The summed E-state index contributed by atoms with van der Waals surface area (Å²) in [6, 6.07) is 13.0. The lowest BCUT2D eigenvalue weighted by Crippen LogP contribution is -2.40. The van der Waals surface area contributed by atoms with Crippen molar-refractivity contribution in [3.05, 3.63) is 48.0 Å². The van der Waals surface area contributed by atoms with Gasteiger partial charge < -0.3 is 19.4 Å². The number of rotatable bonds is 8.